The van der Waals surface area contributed by atoms with Crippen molar-refractivity contribution in [2.45, 2.75) is 13.8 Å². The fraction of sp³-hybridized carbons (Fsp3) is 0.222. The first-order valence-corrected chi connectivity index (χ1v) is 7.89. The van der Waals surface area contributed by atoms with Gasteiger partial charge in [0.05, 0.1) is 18.2 Å². The van der Waals surface area contributed by atoms with Crippen molar-refractivity contribution in [2.75, 3.05) is 13.7 Å². The molecule has 0 fully saturated rings. The molecule has 0 radical (unpaired) electrons. The van der Waals surface area contributed by atoms with E-state index < -0.39 is 22.3 Å². The lowest BCUT2D eigenvalue weighted by Crippen LogP contribution is -2.25. The number of phenols is 1. The molecule has 0 aliphatic rings. The van der Waals surface area contributed by atoms with Crippen LogP contribution < -0.4 is 14.9 Å². The molecule has 0 unspecified atom stereocenters. The largest absolute Gasteiger partial charge is 0.500 e. The smallest absolute Gasteiger partial charge is 0.315 e. The highest BCUT2D eigenvalue weighted by atomic mass is 16.6. The molecule has 9 nitrogen and oxygen atoms in total. The monoisotopic (exact) mass is 373 g/mol. The van der Waals surface area contributed by atoms with Crippen LogP contribution in [0.2, 0.25) is 0 Å². The Morgan fingerprint density at radius 1 is 1.33 bits per heavy atom. The van der Waals surface area contributed by atoms with Crippen LogP contribution in [0.5, 0.6) is 17.2 Å². The summed E-state index contributed by atoms with van der Waals surface area (Å²) in [4.78, 5) is 22.1. The Balaban J connectivity index is 2.01. The number of nitrogens with zero attached hydrogens (tertiary/aromatic N) is 2. The van der Waals surface area contributed by atoms with Gasteiger partial charge in [-0.1, -0.05) is 18.2 Å². The predicted octanol–water partition coefficient (Wildman–Crippen LogP) is 2.45. The normalized spacial score (nSPS) is 10.6. The number of rotatable bonds is 7. The zero-order valence-corrected chi connectivity index (χ0v) is 15.1. The first-order chi connectivity index (χ1) is 12.8. The van der Waals surface area contributed by atoms with Crippen LogP contribution in [0, 0.1) is 24.0 Å². The minimum atomic E-state index is -0.744. The van der Waals surface area contributed by atoms with Crippen LogP contribution in [0.1, 0.15) is 16.7 Å². The number of ether oxygens (including phenoxy) is 2. The van der Waals surface area contributed by atoms with Crippen LogP contribution in [0.15, 0.2) is 35.4 Å². The van der Waals surface area contributed by atoms with Crippen molar-refractivity contribution in [1.29, 1.82) is 0 Å². The van der Waals surface area contributed by atoms with Gasteiger partial charge in [0.1, 0.15) is 5.75 Å². The van der Waals surface area contributed by atoms with Crippen molar-refractivity contribution in [2.24, 2.45) is 5.10 Å². The average molecular weight is 373 g/mol. The highest BCUT2D eigenvalue weighted by Gasteiger charge is 2.19. The third-order valence-electron chi connectivity index (χ3n) is 3.65. The topological polar surface area (TPSA) is 123 Å². The summed E-state index contributed by atoms with van der Waals surface area (Å²) in [6.07, 6.45) is 1.20. The lowest BCUT2D eigenvalue weighted by Gasteiger charge is -2.10. The van der Waals surface area contributed by atoms with E-state index in [1.807, 2.05) is 32.0 Å². The second kappa shape index (κ2) is 8.65. The highest BCUT2D eigenvalue weighted by Crippen LogP contribution is 2.36. The molecule has 2 N–H and O–H groups in total. The van der Waals surface area contributed by atoms with E-state index in [-0.39, 0.29) is 17.9 Å². The Kier molecular flexibility index (Phi) is 6.32. The van der Waals surface area contributed by atoms with Crippen molar-refractivity contribution in [3.05, 3.63) is 57.1 Å². The van der Waals surface area contributed by atoms with Gasteiger partial charge in [0, 0.05) is 11.6 Å². The minimum Gasteiger partial charge on any atom is -0.500 e. The Morgan fingerprint density at radius 2 is 2.00 bits per heavy atom. The van der Waals surface area contributed by atoms with Gasteiger partial charge in [0.25, 0.3) is 5.91 Å². The van der Waals surface area contributed by atoms with Crippen LogP contribution in [0.3, 0.4) is 0 Å². The van der Waals surface area contributed by atoms with Gasteiger partial charge in [-0.3, -0.25) is 14.9 Å². The number of nitrogens with one attached hydrogen (secondary N) is 1. The highest BCUT2D eigenvalue weighted by molar-refractivity contribution is 5.85. The molecule has 0 atom stereocenters. The number of aromatic hydroxyl groups is 1. The summed E-state index contributed by atoms with van der Waals surface area (Å²) in [6, 6.07) is 8.12. The average Bonchev–Trinajstić information content (AvgIpc) is 2.62. The van der Waals surface area contributed by atoms with E-state index in [9.17, 15) is 20.0 Å². The Hall–Kier alpha value is -3.62. The van der Waals surface area contributed by atoms with E-state index in [0.29, 0.717) is 5.75 Å². The van der Waals surface area contributed by atoms with Crippen molar-refractivity contribution < 1.29 is 24.3 Å². The Morgan fingerprint density at radius 3 is 2.59 bits per heavy atom. The van der Waals surface area contributed by atoms with E-state index in [0.717, 1.165) is 17.2 Å². The maximum Gasteiger partial charge on any atom is 0.315 e. The fourth-order valence-corrected chi connectivity index (χ4v) is 2.36. The molecule has 0 saturated carbocycles. The number of benzene rings is 2. The Bertz CT molecular complexity index is 875. The van der Waals surface area contributed by atoms with E-state index in [1.165, 1.54) is 19.4 Å². The van der Waals surface area contributed by atoms with Gasteiger partial charge in [-0.2, -0.15) is 5.10 Å². The molecule has 0 bridgehead atoms. The molecular weight excluding hydrogens is 354 g/mol. The van der Waals surface area contributed by atoms with Gasteiger partial charge in [-0.15, -0.1) is 0 Å². The molecule has 0 saturated heterocycles. The molecule has 9 heteroatoms. The molecule has 2 aromatic rings. The molecule has 0 aliphatic carbocycles. The minimum absolute atomic E-state index is 0.0738. The molecule has 2 aromatic carbocycles. The second-order valence-corrected chi connectivity index (χ2v) is 5.65. The second-order valence-electron chi connectivity index (χ2n) is 5.65. The molecule has 27 heavy (non-hydrogen) atoms. The van der Waals surface area contributed by atoms with Crippen LogP contribution in [0.25, 0.3) is 0 Å². The molecule has 2 rings (SSSR count). The number of hydrazone groups is 1. The first-order valence-electron chi connectivity index (χ1n) is 7.89. The van der Waals surface area contributed by atoms with E-state index >= 15 is 0 Å². The van der Waals surface area contributed by atoms with Gasteiger partial charge in [0.2, 0.25) is 5.75 Å². The summed E-state index contributed by atoms with van der Waals surface area (Å²) in [5.41, 5.74) is 3.84. The summed E-state index contributed by atoms with van der Waals surface area (Å²) >= 11 is 0. The van der Waals surface area contributed by atoms with Gasteiger partial charge in [-0.05, 0) is 31.0 Å². The number of aryl methyl sites for hydroxylation is 2. The van der Waals surface area contributed by atoms with Crippen LogP contribution in [-0.2, 0) is 4.79 Å². The lowest BCUT2D eigenvalue weighted by atomic mass is 10.1. The van der Waals surface area contributed by atoms with E-state index in [1.54, 1.807) is 0 Å². The predicted molar refractivity (Wildman–Crippen MR) is 98.5 cm³/mol. The lowest BCUT2D eigenvalue weighted by molar-refractivity contribution is -0.386. The molecule has 1 amide bonds. The first kappa shape index (κ1) is 19.7. The number of amides is 1. The number of carbonyl (C=O) groups is 1. The molecule has 142 valence electrons. The maximum absolute atomic E-state index is 11.9. The number of hydrogen-bond donors (Lipinski definition) is 2. The molecule has 0 heterocycles. The fourth-order valence-electron chi connectivity index (χ4n) is 2.36. The number of para-hydroxylation sites is 1. The Labute approximate surface area is 155 Å². The SMILES string of the molecule is COc1cc(C=NNC(=O)COc2c(C)cccc2C)cc([N+](=O)[O-])c1O. The van der Waals surface area contributed by atoms with Crippen molar-refractivity contribution in [1.82, 2.24) is 5.43 Å². The van der Waals surface area contributed by atoms with Crippen molar-refractivity contribution >= 4 is 17.8 Å². The van der Waals surface area contributed by atoms with E-state index in [4.69, 9.17) is 9.47 Å². The zero-order chi connectivity index (χ0) is 20.0. The number of phenolic OH excluding ortho intramolecular Hbond substituents is 1. The van der Waals surface area contributed by atoms with Crippen LogP contribution in [0.4, 0.5) is 5.69 Å². The van der Waals surface area contributed by atoms with Gasteiger partial charge in [-0.25, -0.2) is 5.43 Å². The number of hydrogen-bond acceptors (Lipinski definition) is 7. The number of nitro groups is 1. The third kappa shape index (κ3) is 4.94. The van der Waals surface area contributed by atoms with Gasteiger partial charge < -0.3 is 14.6 Å². The number of nitro benzene ring substituents is 1. The zero-order valence-electron chi connectivity index (χ0n) is 15.1. The third-order valence-corrected chi connectivity index (χ3v) is 3.65. The van der Waals surface area contributed by atoms with Gasteiger partial charge in [0.15, 0.2) is 12.4 Å². The van der Waals surface area contributed by atoms with Crippen LogP contribution in [-0.4, -0.2) is 35.9 Å². The number of carbonyl (C=O) groups excluding carboxylic acids is 1. The standard InChI is InChI=1S/C18H19N3O6/c1-11-5-4-6-12(2)18(11)27-10-16(22)20-19-9-13-7-14(21(24)25)17(23)15(8-13)26-3/h4-9,23H,10H2,1-3H3,(H,20,22). The van der Waals surface area contributed by atoms with Crippen molar-refractivity contribution in [3.8, 4) is 17.2 Å². The molecule has 0 aromatic heterocycles. The summed E-state index contributed by atoms with van der Waals surface area (Å²) in [6.45, 7) is 3.52. The summed E-state index contributed by atoms with van der Waals surface area (Å²) < 4.78 is 10.4. The number of methoxy groups -OCH3 is 1. The molecular formula is C18H19N3O6. The van der Waals surface area contributed by atoms with E-state index in [2.05, 4.69) is 10.5 Å². The maximum atomic E-state index is 11.9. The van der Waals surface area contributed by atoms with Gasteiger partial charge >= 0.3 is 5.69 Å². The summed E-state index contributed by atoms with van der Waals surface area (Å²) in [5, 5.41) is 24.4. The molecule has 0 spiro atoms. The van der Waals surface area contributed by atoms with Crippen molar-refractivity contribution in [3.63, 3.8) is 0 Å². The molecule has 0 aliphatic heterocycles. The quantitative estimate of drug-likeness (QED) is 0.436. The van der Waals surface area contributed by atoms with Crippen LogP contribution >= 0.6 is 0 Å². The summed E-state index contributed by atoms with van der Waals surface area (Å²) in [7, 11) is 1.27. The summed E-state index contributed by atoms with van der Waals surface area (Å²) in [5.74, 6) is -0.509.